The molecule has 0 radical (unpaired) electrons. The number of carbonyl (C=O) groups is 2. The zero-order chi connectivity index (χ0) is 24.1. The molecule has 0 saturated carbocycles. The number of hydrogen-bond acceptors (Lipinski definition) is 5. The van der Waals surface area contributed by atoms with Gasteiger partial charge in [-0.3, -0.25) is 14.5 Å². The van der Waals surface area contributed by atoms with E-state index in [0.717, 1.165) is 36.0 Å². The molecule has 1 unspecified atom stereocenters. The van der Waals surface area contributed by atoms with Gasteiger partial charge in [-0.1, -0.05) is 48.0 Å². The number of unbranched alkanes of at least 4 members (excludes halogenated alkanes) is 1. The largest absolute Gasteiger partial charge is 0.496 e. The average Bonchev–Trinajstić information content (AvgIpc) is 2.83. The molecule has 33 heavy (non-hydrogen) atoms. The minimum absolute atomic E-state index is 0.0778. The first kappa shape index (κ1) is 26.5. The molecule has 8 heteroatoms. The molecule has 0 bridgehead atoms. The van der Waals surface area contributed by atoms with Crippen molar-refractivity contribution in [2.75, 3.05) is 26.7 Å². The van der Waals surface area contributed by atoms with Gasteiger partial charge in [0.1, 0.15) is 5.75 Å². The molecule has 7 nitrogen and oxygen atoms in total. The molecule has 0 heterocycles. The number of ether oxygens (including phenoxy) is 1. The van der Waals surface area contributed by atoms with E-state index in [9.17, 15) is 9.59 Å². The Balaban J connectivity index is 1.88. The zero-order valence-corrected chi connectivity index (χ0v) is 21.1. The Bertz CT molecular complexity index is 917. The van der Waals surface area contributed by atoms with Gasteiger partial charge in [0.2, 0.25) is 0 Å². The number of nitrogens with zero attached hydrogens (tertiary/aromatic N) is 2. The molecule has 0 aromatic heterocycles. The van der Waals surface area contributed by atoms with Crippen molar-refractivity contribution in [3.8, 4) is 5.75 Å². The second-order valence-electron chi connectivity index (χ2n) is 7.48. The fourth-order valence-electron chi connectivity index (χ4n) is 3.55. The fraction of sp³-hybridized carbons (Fsp3) is 0.400. The third-order valence-electron chi connectivity index (χ3n) is 5.35. The van der Waals surface area contributed by atoms with Crippen LogP contribution in [0.1, 0.15) is 49.0 Å². The van der Waals surface area contributed by atoms with Gasteiger partial charge >= 0.3 is 0 Å². The van der Waals surface area contributed by atoms with Crippen molar-refractivity contribution >= 4 is 34.0 Å². The van der Waals surface area contributed by atoms with Crippen molar-refractivity contribution in [2.24, 2.45) is 5.10 Å². The topological polar surface area (TPSA) is 83.0 Å². The van der Waals surface area contributed by atoms with Crippen molar-refractivity contribution in [1.29, 1.82) is 0 Å². The summed E-state index contributed by atoms with van der Waals surface area (Å²) in [5.41, 5.74) is 4.10. The third-order valence-corrected chi connectivity index (χ3v) is 5.85. The Morgan fingerprint density at radius 2 is 1.85 bits per heavy atom. The zero-order valence-electron chi connectivity index (χ0n) is 19.5. The molecule has 0 aliphatic heterocycles. The van der Waals surface area contributed by atoms with E-state index in [1.807, 2.05) is 50.2 Å². The van der Waals surface area contributed by atoms with Crippen LogP contribution in [0.25, 0.3) is 0 Å². The van der Waals surface area contributed by atoms with Crippen molar-refractivity contribution in [3.05, 3.63) is 64.1 Å². The number of amides is 2. The monoisotopic (exact) mass is 516 g/mol. The van der Waals surface area contributed by atoms with Gasteiger partial charge in [-0.2, -0.15) is 5.10 Å². The van der Waals surface area contributed by atoms with Crippen LogP contribution in [0.2, 0.25) is 0 Å². The quantitative estimate of drug-likeness (QED) is 0.237. The summed E-state index contributed by atoms with van der Waals surface area (Å²) in [6.07, 6.45) is 3.87. The molecule has 0 spiro atoms. The van der Waals surface area contributed by atoms with Crippen molar-refractivity contribution in [1.82, 2.24) is 15.6 Å². The summed E-state index contributed by atoms with van der Waals surface area (Å²) in [5.74, 6) is 0.456. The summed E-state index contributed by atoms with van der Waals surface area (Å²) < 4.78 is 6.24. The highest BCUT2D eigenvalue weighted by atomic mass is 79.9. The number of benzene rings is 2. The second-order valence-corrected chi connectivity index (χ2v) is 8.39. The second kappa shape index (κ2) is 14.4. The van der Waals surface area contributed by atoms with Crippen LogP contribution in [0.4, 0.5) is 0 Å². The number of hydrazone groups is 1. The highest BCUT2D eigenvalue weighted by Crippen LogP contribution is 2.21. The molecule has 2 rings (SSSR count). The standard InChI is InChI=1S/C25H33BrN4O3/c1-4-30(5-2)22(13-9-10-16-27-24(31)19-11-7-6-8-12-19)25(32)29-28-18-20-17-21(26)14-15-23(20)33-3/h6-8,11-12,14-15,17-18,22H,4-5,9-10,13,16H2,1-3H3,(H,27,31)(H,29,32). The predicted molar refractivity (Wildman–Crippen MR) is 136 cm³/mol. The maximum Gasteiger partial charge on any atom is 0.257 e. The lowest BCUT2D eigenvalue weighted by Gasteiger charge is -2.28. The molecule has 178 valence electrons. The Labute approximate surface area is 204 Å². The molecular weight excluding hydrogens is 484 g/mol. The van der Waals surface area contributed by atoms with Gasteiger partial charge in [-0.25, -0.2) is 5.43 Å². The van der Waals surface area contributed by atoms with Crippen LogP contribution in [-0.2, 0) is 4.79 Å². The number of likely N-dealkylation sites (N-methyl/N-ethyl adjacent to an activating group) is 1. The van der Waals surface area contributed by atoms with Crippen LogP contribution >= 0.6 is 15.9 Å². The molecule has 2 aromatic rings. The average molecular weight is 517 g/mol. The normalized spacial score (nSPS) is 12.0. The van der Waals surface area contributed by atoms with Gasteiger partial charge in [0.15, 0.2) is 0 Å². The predicted octanol–water partition coefficient (Wildman–Crippen LogP) is 4.22. The van der Waals surface area contributed by atoms with E-state index < -0.39 is 0 Å². The molecule has 2 amide bonds. The Kier molecular flexibility index (Phi) is 11.6. The van der Waals surface area contributed by atoms with Gasteiger partial charge in [0.05, 0.1) is 19.4 Å². The van der Waals surface area contributed by atoms with Crippen molar-refractivity contribution in [2.45, 2.75) is 39.2 Å². The number of rotatable bonds is 13. The molecule has 0 aliphatic carbocycles. The van der Waals surface area contributed by atoms with E-state index in [1.165, 1.54) is 0 Å². The first-order valence-corrected chi connectivity index (χ1v) is 12.0. The summed E-state index contributed by atoms with van der Waals surface area (Å²) in [5, 5.41) is 7.09. The summed E-state index contributed by atoms with van der Waals surface area (Å²) >= 11 is 3.43. The molecule has 0 aliphatic rings. The van der Waals surface area contributed by atoms with E-state index in [0.29, 0.717) is 24.3 Å². The van der Waals surface area contributed by atoms with Crippen LogP contribution in [-0.4, -0.2) is 55.7 Å². The highest BCUT2D eigenvalue weighted by Gasteiger charge is 2.23. The van der Waals surface area contributed by atoms with E-state index >= 15 is 0 Å². The minimum atomic E-state index is -0.286. The maximum atomic E-state index is 12.9. The smallest absolute Gasteiger partial charge is 0.257 e. The Morgan fingerprint density at radius 1 is 1.12 bits per heavy atom. The van der Waals surface area contributed by atoms with Gasteiger partial charge in [-0.05, 0) is 62.7 Å². The number of halogens is 1. The van der Waals surface area contributed by atoms with Crippen molar-refractivity contribution < 1.29 is 14.3 Å². The number of hydrogen-bond donors (Lipinski definition) is 2. The third kappa shape index (κ3) is 8.63. The van der Waals surface area contributed by atoms with E-state index in [1.54, 1.807) is 25.5 Å². The molecule has 2 aromatic carbocycles. The fourth-order valence-corrected chi connectivity index (χ4v) is 3.92. The summed E-state index contributed by atoms with van der Waals surface area (Å²) in [4.78, 5) is 27.2. The number of carbonyl (C=O) groups excluding carboxylic acids is 2. The lowest BCUT2D eigenvalue weighted by Crippen LogP contribution is -2.45. The van der Waals surface area contributed by atoms with Gasteiger partial charge in [-0.15, -0.1) is 0 Å². The Hall–Kier alpha value is -2.71. The van der Waals surface area contributed by atoms with Gasteiger partial charge in [0, 0.05) is 22.1 Å². The molecular formula is C25H33BrN4O3. The summed E-state index contributed by atoms with van der Waals surface area (Å²) in [7, 11) is 1.60. The number of nitrogens with one attached hydrogen (secondary N) is 2. The lowest BCUT2D eigenvalue weighted by atomic mass is 10.1. The molecule has 0 saturated heterocycles. The summed E-state index contributed by atoms with van der Waals surface area (Å²) in [6.45, 7) is 6.19. The highest BCUT2D eigenvalue weighted by molar-refractivity contribution is 9.10. The van der Waals surface area contributed by atoms with Crippen LogP contribution in [0.5, 0.6) is 5.75 Å². The number of methoxy groups -OCH3 is 1. The minimum Gasteiger partial charge on any atom is -0.496 e. The van der Waals surface area contributed by atoms with Crippen LogP contribution < -0.4 is 15.5 Å². The van der Waals surface area contributed by atoms with Gasteiger partial charge < -0.3 is 10.1 Å². The van der Waals surface area contributed by atoms with E-state index in [-0.39, 0.29) is 17.9 Å². The first-order chi connectivity index (χ1) is 16.0. The van der Waals surface area contributed by atoms with E-state index in [2.05, 4.69) is 36.7 Å². The first-order valence-electron chi connectivity index (χ1n) is 11.2. The van der Waals surface area contributed by atoms with Crippen LogP contribution in [0.3, 0.4) is 0 Å². The molecule has 0 fully saturated rings. The van der Waals surface area contributed by atoms with Crippen LogP contribution in [0.15, 0.2) is 58.1 Å². The molecule has 1 atom stereocenters. The van der Waals surface area contributed by atoms with Crippen molar-refractivity contribution in [3.63, 3.8) is 0 Å². The molecule has 2 N–H and O–H groups in total. The maximum absolute atomic E-state index is 12.9. The van der Waals surface area contributed by atoms with E-state index in [4.69, 9.17) is 4.74 Å². The van der Waals surface area contributed by atoms with Crippen LogP contribution in [0, 0.1) is 0 Å². The Morgan fingerprint density at radius 3 is 2.52 bits per heavy atom. The lowest BCUT2D eigenvalue weighted by molar-refractivity contribution is -0.126. The summed E-state index contributed by atoms with van der Waals surface area (Å²) in [6, 6.07) is 14.5. The SMILES string of the molecule is CCN(CC)C(CCCCNC(=O)c1ccccc1)C(=O)NN=Cc1cc(Br)ccc1OC. The van der Waals surface area contributed by atoms with Gasteiger partial charge in [0.25, 0.3) is 11.8 Å².